The Hall–Kier alpha value is -2.79. The SMILES string of the molecule is COC(O)C(CC(=O)OCc1ccccc1)Cc1ccc(OC(=O)CCS(=O)(=O)O)cc1. The van der Waals surface area contributed by atoms with E-state index in [1.54, 1.807) is 12.1 Å². The standard InChI is InChI=1S/C22H26O9S/c1-29-22(25)18(14-21(24)30-15-17-5-3-2-4-6-17)13-16-7-9-19(10-8-16)31-20(23)11-12-32(26,27)28/h2-10,18,22,25H,11-15H2,1H3,(H,26,27,28). The lowest BCUT2D eigenvalue weighted by Crippen LogP contribution is -2.27. The summed E-state index contributed by atoms with van der Waals surface area (Å²) < 4.78 is 45.3. The molecule has 0 heterocycles. The molecule has 2 N–H and O–H groups in total. The fourth-order valence-corrected chi connectivity index (χ4v) is 3.29. The van der Waals surface area contributed by atoms with E-state index in [0.717, 1.165) is 11.1 Å². The number of ether oxygens (including phenoxy) is 3. The number of hydrogen-bond donors (Lipinski definition) is 2. The van der Waals surface area contributed by atoms with Gasteiger partial charge in [0.15, 0.2) is 6.29 Å². The van der Waals surface area contributed by atoms with E-state index >= 15 is 0 Å². The Labute approximate surface area is 186 Å². The van der Waals surface area contributed by atoms with Crippen LogP contribution in [0.2, 0.25) is 0 Å². The average molecular weight is 467 g/mol. The highest BCUT2D eigenvalue weighted by Gasteiger charge is 2.24. The third kappa shape index (κ3) is 9.56. The molecule has 0 aromatic heterocycles. The van der Waals surface area contributed by atoms with E-state index in [1.165, 1.54) is 19.2 Å². The van der Waals surface area contributed by atoms with Gasteiger partial charge in [0.2, 0.25) is 0 Å². The first-order valence-electron chi connectivity index (χ1n) is 9.81. The van der Waals surface area contributed by atoms with Gasteiger partial charge in [-0.25, -0.2) is 0 Å². The van der Waals surface area contributed by atoms with Crippen LogP contribution < -0.4 is 4.74 Å². The first-order valence-corrected chi connectivity index (χ1v) is 11.4. The summed E-state index contributed by atoms with van der Waals surface area (Å²) >= 11 is 0. The van der Waals surface area contributed by atoms with E-state index < -0.39 is 46.4 Å². The molecule has 0 aliphatic heterocycles. The topological polar surface area (TPSA) is 136 Å². The molecule has 2 aromatic carbocycles. The van der Waals surface area contributed by atoms with Crippen molar-refractivity contribution in [3.63, 3.8) is 0 Å². The van der Waals surface area contributed by atoms with Gasteiger partial charge in [-0.1, -0.05) is 42.5 Å². The summed E-state index contributed by atoms with van der Waals surface area (Å²) in [6.45, 7) is 0.132. The lowest BCUT2D eigenvalue weighted by molar-refractivity contribution is -0.154. The third-order valence-corrected chi connectivity index (χ3v) is 5.25. The number of hydrogen-bond acceptors (Lipinski definition) is 8. The highest BCUT2D eigenvalue weighted by molar-refractivity contribution is 7.85. The lowest BCUT2D eigenvalue weighted by atomic mass is 9.95. The highest BCUT2D eigenvalue weighted by Crippen LogP contribution is 2.21. The van der Waals surface area contributed by atoms with Crippen LogP contribution in [0, 0.1) is 5.92 Å². The van der Waals surface area contributed by atoms with Crippen LogP contribution in [-0.4, -0.2) is 49.2 Å². The van der Waals surface area contributed by atoms with E-state index in [2.05, 4.69) is 0 Å². The molecule has 0 amide bonds. The number of aliphatic hydroxyl groups is 1. The van der Waals surface area contributed by atoms with E-state index in [0.29, 0.717) is 6.42 Å². The fourth-order valence-electron chi connectivity index (χ4n) is 2.87. The molecule has 0 fully saturated rings. The van der Waals surface area contributed by atoms with Gasteiger partial charge in [-0.05, 0) is 29.7 Å². The number of esters is 2. The molecule has 0 spiro atoms. The molecule has 0 radical (unpaired) electrons. The van der Waals surface area contributed by atoms with Crippen molar-refractivity contribution in [3.05, 3.63) is 65.7 Å². The second-order valence-electron chi connectivity index (χ2n) is 7.09. The molecule has 2 unspecified atom stereocenters. The molecule has 10 heteroatoms. The normalized spacial score (nSPS) is 13.2. The van der Waals surface area contributed by atoms with Crippen LogP contribution in [0.25, 0.3) is 0 Å². The Balaban J connectivity index is 1.91. The van der Waals surface area contributed by atoms with Gasteiger partial charge in [0.25, 0.3) is 10.1 Å². The maximum Gasteiger partial charge on any atom is 0.312 e. The predicted molar refractivity (Wildman–Crippen MR) is 114 cm³/mol. The largest absolute Gasteiger partial charge is 0.461 e. The van der Waals surface area contributed by atoms with E-state index in [1.807, 2.05) is 30.3 Å². The average Bonchev–Trinajstić information content (AvgIpc) is 2.77. The fraction of sp³-hybridized carbons (Fsp3) is 0.364. The second-order valence-corrected chi connectivity index (χ2v) is 8.67. The number of methoxy groups -OCH3 is 1. The zero-order valence-electron chi connectivity index (χ0n) is 17.5. The van der Waals surface area contributed by atoms with E-state index in [4.69, 9.17) is 18.8 Å². The zero-order chi connectivity index (χ0) is 23.6. The maximum atomic E-state index is 12.2. The minimum Gasteiger partial charge on any atom is -0.461 e. The monoisotopic (exact) mass is 466 g/mol. The minimum absolute atomic E-state index is 0.0613. The van der Waals surface area contributed by atoms with Crippen LogP contribution in [0.15, 0.2) is 54.6 Å². The molecule has 2 aromatic rings. The van der Waals surface area contributed by atoms with Gasteiger partial charge in [-0.3, -0.25) is 14.1 Å². The van der Waals surface area contributed by atoms with Gasteiger partial charge in [0.1, 0.15) is 12.4 Å². The summed E-state index contributed by atoms with van der Waals surface area (Å²) in [5.74, 6) is -2.36. The third-order valence-electron chi connectivity index (χ3n) is 4.53. The van der Waals surface area contributed by atoms with Crippen molar-refractivity contribution in [2.75, 3.05) is 12.9 Å². The molecule has 2 rings (SSSR count). The quantitative estimate of drug-likeness (QED) is 0.209. The summed E-state index contributed by atoms with van der Waals surface area (Å²) in [4.78, 5) is 23.9. The van der Waals surface area contributed by atoms with Crippen LogP contribution in [0.5, 0.6) is 5.75 Å². The summed E-state index contributed by atoms with van der Waals surface area (Å²) in [6, 6.07) is 15.5. The maximum absolute atomic E-state index is 12.2. The van der Waals surface area contributed by atoms with Gasteiger partial charge in [-0.2, -0.15) is 8.42 Å². The first-order chi connectivity index (χ1) is 15.2. The van der Waals surface area contributed by atoms with Crippen molar-refractivity contribution in [1.29, 1.82) is 0 Å². The summed E-state index contributed by atoms with van der Waals surface area (Å²) in [6.07, 6.45) is -1.42. The van der Waals surface area contributed by atoms with Crippen molar-refractivity contribution in [1.82, 2.24) is 0 Å². The molecule has 0 bridgehead atoms. The number of benzene rings is 2. The van der Waals surface area contributed by atoms with Gasteiger partial charge < -0.3 is 19.3 Å². The lowest BCUT2D eigenvalue weighted by Gasteiger charge is -2.21. The molecule has 0 aliphatic carbocycles. The van der Waals surface area contributed by atoms with Gasteiger partial charge in [0.05, 0.1) is 18.6 Å². The molecular formula is C22H26O9S. The molecule has 0 saturated carbocycles. The van der Waals surface area contributed by atoms with Gasteiger partial charge >= 0.3 is 11.9 Å². The highest BCUT2D eigenvalue weighted by atomic mass is 32.2. The molecule has 0 aliphatic rings. The van der Waals surface area contributed by atoms with Crippen molar-refractivity contribution in [3.8, 4) is 5.75 Å². The Bertz CT molecular complexity index is 972. The van der Waals surface area contributed by atoms with Crippen LogP contribution >= 0.6 is 0 Å². The second kappa shape index (κ2) is 12.3. The Morgan fingerprint density at radius 1 is 0.969 bits per heavy atom. The molecular weight excluding hydrogens is 440 g/mol. The number of rotatable bonds is 12. The van der Waals surface area contributed by atoms with E-state index in [9.17, 15) is 23.1 Å². The summed E-state index contributed by atoms with van der Waals surface area (Å²) in [5, 5.41) is 10.1. The Kier molecular flexibility index (Phi) is 9.79. The summed E-state index contributed by atoms with van der Waals surface area (Å²) in [7, 11) is -2.91. The van der Waals surface area contributed by atoms with Gasteiger partial charge in [-0.15, -0.1) is 0 Å². The van der Waals surface area contributed by atoms with Crippen molar-refractivity contribution in [2.45, 2.75) is 32.2 Å². The molecule has 32 heavy (non-hydrogen) atoms. The molecule has 174 valence electrons. The smallest absolute Gasteiger partial charge is 0.312 e. The first kappa shape index (κ1) is 25.5. The van der Waals surface area contributed by atoms with Crippen molar-refractivity contribution >= 4 is 22.1 Å². The Morgan fingerprint density at radius 3 is 2.22 bits per heavy atom. The number of aliphatic hydroxyl groups excluding tert-OH is 1. The molecule has 9 nitrogen and oxygen atoms in total. The van der Waals surface area contributed by atoms with Crippen LogP contribution in [0.4, 0.5) is 0 Å². The molecule has 2 atom stereocenters. The summed E-state index contributed by atoms with van der Waals surface area (Å²) in [5.41, 5.74) is 1.60. The predicted octanol–water partition coefficient (Wildman–Crippen LogP) is 2.13. The van der Waals surface area contributed by atoms with Crippen LogP contribution in [0.3, 0.4) is 0 Å². The van der Waals surface area contributed by atoms with Crippen molar-refractivity contribution in [2.24, 2.45) is 5.92 Å². The number of carbonyl (C=O) groups is 2. The van der Waals surface area contributed by atoms with E-state index in [-0.39, 0.29) is 18.8 Å². The number of carbonyl (C=O) groups excluding carboxylic acids is 2. The van der Waals surface area contributed by atoms with Crippen LogP contribution in [0.1, 0.15) is 24.0 Å². The Morgan fingerprint density at radius 2 is 1.62 bits per heavy atom. The van der Waals surface area contributed by atoms with Crippen LogP contribution in [-0.2, 0) is 42.2 Å². The van der Waals surface area contributed by atoms with Gasteiger partial charge in [0, 0.05) is 13.0 Å². The minimum atomic E-state index is -4.25. The zero-order valence-corrected chi connectivity index (χ0v) is 18.4. The molecule has 0 saturated heterocycles. The van der Waals surface area contributed by atoms with Crippen molar-refractivity contribution < 1.29 is 41.9 Å².